The number of ether oxygens (including phenoxy) is 1. The Labute approximate surface area is 107 Å². The average molecular weight is 242 g/mol. The van der Waals surface area contributed by atoms with Crippen LogP contribution in [0, 0.1) is 0 Å². The van der Waals surface area contributed by atoms with Gasteiger partial charge in [-0.3, -0.25) is 0 Å². The van der Waals surface area contributed by atoms with Gasteiger partial charge in [-0.1, -0.05) is 24.6 Å². The van der Waals surface area contributed by atoms with Crippen LogP contribution in [0.4, 0.5) is 0 Å². The molecule has 1 aromatic heterocycles. The van der Waals surface area contributed by atoms with E-state index in [0.717, 1.165) is 28.9 Å². The Kier molecular flexibility index (Phi) is 3.15. The topological polar surface area (TPSA) is 34.1 Å². The molecular weight excluding hydrogens is 224 g/mol. The van der Waals surface area contributed by atoms with Crippen LogP contribution in [-0.2, 0) is 0 Å². The van der Waals surface area contributed by atoms with Crippen molar-refractivity contribution < 1.29 is 4.74 Å². The molecule has 0 spiro atoms. The van der Waals surface area contributed by atoms with E-state index >= 15 is 0 Å². The standard InChI is InChI=1S/C15H18N2O/c1-18-14-7-4-5-11-8-9-13(17-15(11)14)12-6-2-3-10-16-12/h4-5,7-9,12,16H,2-3,6,10H2,1H3. The summed E-state index contributed by atoms with van der Waals surface area (Å²) in [4.78, 5) is 4.78. The number of rotatable bonds is 2. The highest BCUT2D eigenvalue weighted by molar-refractivity contribution is 5.84. The number of pyridine rings is 1. The summed E-state index contributed by atoms with van der Waals surface area (Å²) in [5.41, 5.74) is 2.09. The molecule has 1 aromatic carbocycles. The lowest BCUT2D eigenvalue weighted by molar-refractivity contribution is 0.404. The molecule has 1 atom stereocenters. The Morgan fingerprint density at radius 2 is 2.17 bits per heavy atom. The first-order valence-electron chi connectivity index (χ1n) is 6.55. The quantitative estimate of drug-likeness (QED) is 0.878. The van der Waals surface area contributed by atoms with Crippen molar-refractivity contribution in [1.29, 1.82) is 0 Å². The molecule has 0 aliphatic carbocycles. The molecule has 3 heteroatoms. The second kappa shape index (κ2) is 4.94. The molecule has 1 fully saturated rings. The third-order valence-electron chi connectivity index (χ3n) is 3.59. The number of benzene rings is 1. The number of nitrogens with one attached hydrogen (secondary N) is 1. The molecule has 1 N–H and O–H groups in total. The maximum absolute atomic E-state index is 5.39. The van der Waals surface area contributed by atoms with E-state index in [2.05, 4.69) is 23.5 Å². The van der Waals surface area contributed by atoms with Crippen LogP contribution >= 0.6 is 0 Å². The second-order valence-electron chi connectivity index (χ2n) is 4.77. The summed E-state index contributed by atoms with van der Waals surface area (Å²) in [5, 5.41) is 4.67. The van der Waals surface area contributed by atoms with Crippen molar-refractivity contribution in [3.63, 3.8) is 0 Å². The average Bonchev–Trinajstić information content (AvgIpc) is 2.47. The lowest BCUT2D eigenvalue weighted by atomic mass is 10.0. The predicted octanol–water partition coefficient (Wildman–Crippen LogP) is 3.06. The minimum absolute atomic E-state index is 0.396. The summed E-state index contributed by atoms with van der Waals surface area (Å²) in [5.74, 6) is 0.852. The molecule has 0 amide bonds. The van der Waals surface area contributed by atoms with Gasteiger partial charge < -0.3 is 10.1 Å². The van der Waals surface area contributed by atoms with Gasteiger partial charge in [0.25, 0.3) is 0 Å². The summed E-state index contributed by atoms with van der Waals surface area (Å²) in [6.07, 6.45) is 3.73. The Balaban J connectivity index is 2.03. The van der Waals surface area contributed by atoms with E-state index < -0.39 is 0 Å². The van der Waals surface area contributed by atoms with Crippen LogP contribution < -0.4 is 10.1 Å². The molecule has 1 unspecified atom stereocenters. The normalized spacial score (nSPS) is 19.9. The fourth-order valence-corrected chi connectivity index (χ4v) is 2.60. The molecule has 3 nitrogen and oxygen atoms in total. The molecule has 2 heterocycles. The van der Waals surface area contributed by atoms with Gasteiger partial charge in [0, 0.05) is 11.4 Å². The van der Waals surface area contributed by atoms with E-state index in [1.165, 1.54) is 19.3 Å². The highest BCUT2D eigenvalue weighted by atomic mass is 16.5. The third kappa shape index (κ3) is 2.06. The van der Waals surface area contributed by atoms with Gasteiger partial charge in [0.05, 0.1) is 12.8 Å². The van der Waals surface area contributed by atoms with E-state index in [1.807, 2.05) is 12.1 Å². The first-order chi connectivity index (χ1) is 8.88. The number of nitrogens with zero attached hydrogens (tertiary/aromatic N) is 1. The smallest absolute Gasteiger partial charge is 0.145 e. The van der Waals surface area contributed by atoms with Crippen LogP contribution in [0.2, 0.25) is 0 Å². The number of aromatic nitrogens is 1. The monoisotopic (exact) mass is 242 g/mol. The summed E-state index contributed by atoms with van der Waals surface area (Å²) < 4.78 is 5.39. The summed E-state index contributed by atoms with van der Waals surface area (Å²) in [6.45, 7) is 1.09. The molecule has 0 radical (unpaired) electrons. The molecule has 0 bridgehead atoms. The van der Waals surface area contributed by atoms with Gasteiger partial charge in [0.15, 0.2) is 0 Å². The molecule has 3 rings (SSSR count). The van der Waals surface area contributed by atoms with Crippen molar-refractivity contribution in [1.82, 2.24) is 10.3 Å². The summed E-state index contributed by atoms with van der Waals surface area (Å²) in [6, 6.07) is 10.7. The summed E-state index contributed by atoms with van der Waals surface area (Å²) in [7, 11) is 1.70. The van der Waals surface area contributed by atoms with Gasteiger partial charge in [-0.25, -0.2) is 4.98 Å². The highest BCUT2D eigenvalue weighted by Crippen LogP contribution is 2.27. The number of piperidine rings is 1. The van der Waals surface area contributed by atoms with Crippen molar-refractivity contribution in [2.45, 2.75) is 25.3 Å². The van der Waals surface area contributed by atoms with Gasteiger partial charge in [0.2, 0.25) is 0 Å². The van der Waals surface area contributed by atoms with E-state index in [9.17, 15) is 0 Å². The lowest BCUT2D eigenvalue weighted by Gasteiger charge is -2.23. The van der Waals surface area contributed by atoms with Crippen LogP contribution in [0.25, 0.3) is 10.9 Å². The third-order valence-corrected chi connectivity index (χ3v) is 3.59. The second-order valence-corrected chi connectivity index (χ2v) is 4.77. The molecule has 0 saturated carbocycles. The van der Waals surface area contributed by atoms with Crippen molar-refractivity contribution in [2.24, 2.45) is 0 Å². The maximum Gasteiger partial charge on any atom is 0.145 e. The van der Waals surface area contributed by atoms with E-state index in [0.29, 0.717) is 6.04 Å². The first-order valence-corrected chi connectivity index (χ1v) is 6.55. The zero-order chi connectivity index (χ0) is 12.4. The van der Waals surface area contributed by atoms with Crippen LogP contribution in [0.15, 0.2) is 30.3 Å². The molecule has 2 aromatic rings. The van der Waals surface area contributed by atoms with Gasteiger partial charge in [-0.2, -0.15) is 0 Å². The predicted molar refractivity (Wildman–Crippen MR) is 72.9 cm³/mol. The molecular formula is C15H18N2O. The van der Waals surface area contributed by atoms with Gasteiger partial charge in [-0.05, 0) is 31.5 Å². The van der Waals surface area contributed by atoms with Crippen LogP contribution in [0.5, 0.6) is 5.75 Å². The van der Waals surface area contributed by atoms with Crippen molar-refractivity contribution in [2.75, 3.05) is 13.7 Å². The molecule has 18 heavy (non-hydrogen) atoms. The van der Waals surface area contributed by atoms with Crippen LogP contribution in [0.1, 0.15) is 31.0 Å². The SMILES string of the molecule is COc1cccc2ccc(C3CCCCN3)nc12. The summed E-state index contributed by atoms with van der Waals surface area (Å²) >= 11 is 0. The molecule has 1 saturated heterocycles. The molecule has 1 aliphatic heterocycles. The zero-order valence-electron chi connectivity index (χ0n) is 10.6. The maximum atomic E-state index is 5.39. The van der Waals surface area contributed by atoms with Gasteiger partial charge in [-0.15, -0.1) is 0 Å². The number of methoxy groups -OCH3 is 1. The van der Waals surface area contributed by atoms with Gasteiger partial charge in [0.1, 0.15) is 11.3 Å². The van der Waals surface area contributed by atoms with E-state index in [-0.39, 0.29) is 0 Å². The van der Waals surface area contributed by atoms with Crippen molar-refractivity contribution >= 4 is 10.9 Å². The van der Waals surface area contributed by atoms with E-state index in [1.54, 1.807) is 7.11 Å². The Morgan fingerprint density at radius 3 is 2.94 bits per heavy atom. The molecule has 94 valence electrons. The van der Waals surface area contributed by atoms with Crippen LogP contribution in [0.3, 0.4) is 0 Å². The largest absolute Gasteiger partial charge is 0.494 e. The fraction of sp³-hybridized carbons (Fsp3) is 0.400. The molecule has 1 aliphatic rings. The Hall–Kier alpha value is -1.61. The van der Waals surface area contributed by atoms with Gasteiger partial charge >= 0.3 is 0 Å². The Bertz CT molecular complexity index is 547. The highest BCUT2D eigenvalue weighted by Gasteiger charge is 2.16. The van der Waals surface area contributed by atoms with Crippen LogP contribution in [-0.4, -0.2) is 18.6 Å². The lowest BCUT2D eigenvalue weighted by Crippen LogP contribution is -2.27. The fourth-order valence-electron chi connectivity index (χ4n) is 2.60. The number of fused-ring (bicyclic) bond motifs is 1. The van der Waals surface area contributed by atoms with E-state index in [4.69, 9.17) is 9.72 Å². The van der Waals surface area contributed by atoms with Crippen molar-refractivity contribution in [3.8, 4) is 5.75 Å². The number of hydrogen-bond acceptors (Lipinski definition) is 3. The minimum Gasteiger partial charge on any atom is -0.494 e. The number of para-hydroxylation sites is 1. The zero-order valence-corrected chi connectivity index (χ0v) is 10.6. The first kappa shape index (κ1) is 11.5. The number of hydrogen-bond donors (Lipinski definition) is 1. The Morgan fingerprint density at radius 1 is 1.22 bits per heavy atom. The van der Waals surface area contributed by atoms with Crippen molar-refractivity contribution in [3.05, 3.63) is 36.0 Å². The minimum atomic E-state index is 0.396.